The van der Waals surface area contributed by atoms with Crippen LogP contribution < -0.4 is 0 Å². The average molecular weight is 403 g/mol. The number of hydrogen-bond acceptors (Lipinski definition) is 5. The second-order valence-electron chi connectivity index (χ2n) is 7.71. The van der Waals surface area contributed by atoms with E-state index in [9.17, 15) is 14.7 Å². The fourth-order valence-corrected chi connectivity index (χ4v) is 4.39. The zero-order valence-corrected chi connectivity index (χ0v) is 16.3. The number of carbonyl (C=O) groups is 2. The molecule has 6 nitrogen and oxygen atoms in total. The molecule has 1 N–H and O–H groups in total. The van der Waals surface area contributed by atoms with Crippen molar-refractivity contribution in [1.82, 2.24) is 4.90 Å². The van der Waals surface area contributed by atoms with E-state index in [1.54, 1.807) is 24.3 Å². The highest BCUT2D eigenvalue weighted by Crippen LogP contribution is 2.40. The van der Waals surface area contributed by atoms with E-state index >= 15 is 0 Å². The third-order valence-corrected chi connectivity index (χ3v) is 5.88. The summed E-state index contributed by atoms with van der Waals surface area (Å²) >= 11 is 0. The van der Waals surface area contributed by atoms with Gasteiger partial charge in [0.05, 0.1) is 24.6 Å². The standard InChI is InChI=1S/C24H21NO5/c26-22(17-10-9-15-5-1-2-6-16(15)13-17)20-21(19-8-4-12-30-19)25(24(28)23(20)27)14-18-7-3-11-29-18/h3-4,7-13,21,26H,1-2,5-6,14H2/b22-20-. The molecule has 1 amide bonds. The Morgan fingerprint density at radius 2 is 1.77 bits per heavy atom. The minimum absolute atomic E-state index is 0.0391. The fourth-order valence-electron chi connectivity index (χ4n) is 4.39. The zero-order valence-electron chi connectivity index (χ0n) is 16.3. The molecule has 30 heavy (non-hydrogen) atoms. The second-order valence-corrected chi connectivity index (χ2v) is 7.71. The Morgan fingerprint density at radius 1 is 1.00 bits per heavy atom. The molecule has 0 saturated carbocycles. The molecular weight excluding hydrogens is 382 g/mol. The molecule has 1 aliphatic carbocycles. The van der Waals surface area contributed by atoms with E-state index in [2.05, 4.69) is 0 Å². The Morgan fingerprint density at radius 3 is 2.50 bits per heavy atom. The number of rotatable bonds is 4. The van der Waals surface area contributed by atoms with Crippen LogP contribution in [0.25, 0.3) is 5.76 Å². The summed E-state index contributed by atoms with van der Waals surface area (Å²) < 4.78 is 10.9. The van der Waals surface area contributed by atoms with E-state index in [1.807, 2.05) is 18.2 Å². The van der Waals surface area contributed by atoms with Crippen LogP contribution in [-0.2, 0) is 29.0 Å². The molecule has 2 aromatic heterocycles. The Labute approximate surface area is 173 Å². The number of Topliss-reactive ketones (excluding diaryl/α,β-unsaturated/α-hetero) is 1. The summed E-state index contributed by atoms with van der Waals surface area (Å²) in [6.07, 6.45) is 7.25. The Kier molecular flexibility index (Phi) is 4.54. The van der Waals surface area contributed by atoms with Crippen LogP contribution in [0.3, 0.4) is 0 Å². The van der Waals surface area contributed by atoms with E-state index in [-0.39, 0.29) is 17.9 Å². The molecule has 6 heteroatoms. The van der Waals surface area contributed by atoms with Crippen LogP contribution >= 0.6 is 0 Å². The average Bonchev–Trinajstić information content (AvgIpc) is 3.52. The van der Waals surface area contributed by atoms with E-state index in [4.69, 9.17) is 8.83 Å². The lowest BCUT2D eigenvalue weighted by Crippen LogP contribution is -2.28. The van der Waals surface area contributed by atoms with E-state index < -0.39 is 17.7 Å². The zero-order chi connectivity index (χ0) is 20.7. The molecule has 1 aromatic carbocycles. The number of aliphatic hydroxyl groups is 1. The van der Waals surface area contributed by atoms with Crippen LogP contribution in [0, 0.1) is 0 Å². The van der Waals surface area contributed by atoms with Crippen molar-refractivity contribution in [1.29, 1.82) is 0 Å². The van der Waals surface area contributed by atoms with Crippen LogP contribution in [0.1, 0.15) is 47.1 Å². The van der Waals surface area contributed by atoms with Gasteiger partial charge in [-0.1, -0.05) is 12.1 Å². The summed E-state index contributed by atoms with van der Waals surface area (Å²) in [5, 5.41) is 11.1. The Bertz CT molecular complexity index is 1120. The van der Waals surface area contributed by atoms with Crippen LogP contribution in [-0.4, -0.2) is 21.7 Å². The molecule has 1 fully saturated rings. The van der Waals surface area contributed by atoms with Gasteiger partial charge in [-0.25, -0.2) is 0 Å². The third kappa shape index (κ3) is 3.05. The van der Waals surface area contributed by atoms with Gasteiger partial charge in [0, 0.05) is 5.56 Å². The smallest absolute Gasteiger partial charge is 0.296 e. The van der Waals surface area contributed by atoms with Crippen LogP contribution in [0.4, 0.5) is 0 Å². The van der Waals surface area contributed by atoms with Gasteiger partial charge in [-0.15, -0.1) is 0 Å². The fraction of sp³-hybridized carbons (Fsp3) is 0.250. The number of fused-ring (bicyclic) bond motifs is 1. The van der Waals surface area contributed by atoms with Gasteiger partial charge in [-0.2, -0.15) is 0 Å². The van der Waals surface area contributed by atoms with Gasteiger partial charge in [0.25, 0.3) is 11.7 Å². The number of amides is 1. The molecule has 2 aliphatic rings. The second kappa shape index (κ2) is 7.37. The van der Waals surface area contributed by atoms with Crippen molar-refractivity contribution in [3.8, 4) is 0 Å². The van der Waals surface area contributed by atoms with E-state index in [0.29, 0.717) is 17.1 Å². The SMILES string of the molecule is O=C1C(=O)N(Cc2ccco2)C(c2ccco2)/C1=C(/O)c1ccc2c(c1)CCCC2. The third-order valence-electron chi connectivity index (χ3n) is 5.88. The Hall–Kier alpha value is -3.54. The molecule has 152 valence electrons. The van der Waals surface area contributed by atoms with Crippen molar-refractivity contribution in [3.05, 3.63) is 88.8 Å². The predicted octanol–water partition coefficient (Wildman–Crippen LogP) is 4.37. The number of aliphatic hydroxyl groups excluding tert-OH is 1. The number of ketones is 1. The Balaban J connectivity index is 1.61. The minimum Gasteiger partial charge on any atom is -0.507 e. The van der Waals surface area contributed by atoms with Crippen molar-refractivity contribution < 1.29 is 23.5 Å². The van der Waals surface area contributed by atoms with Crippen LogP contribution in [0.2, 0.25) is 0 Å². The molecule has 0 spiro atoms. The summed E-state index contributed by atoms with van der Waals surface area (Å²) in [7, 11) is 0. The molecule has 1 atom stereocenters. The summed E-state index contributed by atoms with van der Waals surface area (Å²) in [6.45, 7) is 0.101. The van der Waals surface area contributed by atoms with Gasteiger partial charge < -0.3 is 18.8 Å². The number of aryl methyl sites for hydroxylation is 2. The maximum atomic E-state index is 13.0. The first kappa shape index (κ1) is 18.5. The summed E-state index contributed by atoms with van der Waals surface area (Å²) in [4.78, 5) is 27.2. The highest BCUT2D eigenvalue weighted by molar-refractivity contribution is 6.46. The molecule has 3 aromatic rings. The predicted molar refractivity (Wildman–Crippen MR) is 108 cm³/mol. The lowest BCUT2D eigenvalue weighted by molar-refractivity contribution is -0.140. The van der Waals surface area contributed by atoms with Crippen LogP contribution in [0.5, 0.6) is 0 Å². The largest absolute Gasteiger partial charge is 0.507 e. The molecular formula is C24H21NO5. The lowest BCUT2D eigenvalue weighted by Gasteiger charge is -2.22. The maximum absolute atomic E-state index is 13.0. The van der Waals surface area contributed by atoms with Crippen molar-refractivity contribution in [2.75, 3.05) is 0 Å². The molecule has 1 aliphatic heterocycles. The monoisotopic (exact) mass is 403 g/mol. The molecule has 0 radical (unpaired) electrons. The molecule has 5 rings (SSSR count). The van der Waals surface area contributed by atoms with Gasteiger partial charge in [0.1, 0.15) is 23.3 Å². The first-order chi connectivity index (χ1) is 14.6. The summed E-state index contributed by atoms with van der Waals surface area (Å²) in [5.41, 5.74) is 3.05. The first-order valence-corrected chi connectivity index (χ1v) is 10.1. The normalized spacial score (nSPS) is 20.5. The van der Waals surface area contributed by atoms with Gasteiger partial charge in [0.2, 0.25) is 0 Å². The number of carbonyl (C=O) groups excluding carboxylic acids is 2. The van der Waals surface area contributed by atoms with Crippen molar-refractivity contribution in [2.24, 2.45) is 0 Å². The van der Waals surface area contributed by atoms with Gasteiger partial charge >= 0.3 is 0 Å². The lowest BCUT2D eigenvalue weighted by atomic mass is 9.89. The van der Waals surface area contributed by atoms with Gasteiger partial charge in [0.15, 0.2) is 0 Å². The number of hydrogen-bond donors (Lipinski definition) is 1. The van der Waals surface area contributed by atoms with Crippen molar-refractivity contribution in [3.63, 3.8) is 0 Å². The number of likely N-dealkylation sites (tertiary alicyclic amines) is 1. The quantitative estimate of drug-likeness (QED) is 0.397. The topological polar surface area (TPSA) is 83.9 Å². The van der Waals surface area contributed by atoms with E-state index in [1.165, 1.54) is 28.6 Å². The van der Waals surface area contributed by atoms with Crippen molar-refractivity contribution in [2.45, 2.75) is 38.3 Å². The molecule has 1 unspecified atom stereocenters. The van der Waals surface area contributed by atoms with Crippen molar-refractivity contribution >= 4 is 17.4 Å². The van der Waals surface area contributed by atoms with Gasteiger partial charge in [-0.3, -0.25) is 9.59 Å². The van der Waals surface area contributed by atoms with Crippen LogP contribution in [0.15, 0.2) is 69.4 Å². The highest BCUT2D eigenvalue weighted by Gasteiger charge is 2.47. The number of benzene rings is 1. The maximum Gasteiger partial charge on any atom is 0.296 e. The molecule has 0 bridgehead atoms. The highest BCUT2D eigenvalue weighted by atomic mass is 16.3. The van der Waals surface area contributed by atoms with E-state index in [0.717, 1.165) is 25.7 Å². The number of nitrogens with zero attached hydrogens (tertiary/aromatic N) is 1. The van der Waals surface area contributed by atoms with Gasteiger partial charge in [-0.05, 0) is 67.1 Å². The summed E-state index contributed by atoms with van der Waals surface area (Å²) in [5.74, 6) is -0.627. The number of furan rings is 2. The molecule has 3 heterocycles. The minimum atomic E-state index is -0.818. The molecule has 1 saturated heterocycles. The summed E-state index contributed by atoms with van der Waals surface area (Å²) in [6, 6.07) is 11.8. The first-order valence-electron chi connectivity index (χ1n) is 10.1.